The van der Waals surface area contributed by atoms with Crippen molar-refractivity contribution < 1.29 is 4.79 Å². The predicted octanol–water partition coefficient (Wildman–Crippen LogP) is 1.54. The van der Waals surface area contributed by atoms with Crippen LogP contribution in [0, 0.1) is 0 Å². The summed E-state index contributed by atoms with van der Waals surface area (Å²) in [6.07, 6.45) is 6.37. The molecule has 0 aromatic heterocycles. The average Bonchev–Trinajstić information content (AvgIpc) is 1.94. The van der Waals surface area contributed by atoms with Gasteiger partial charge < -0.3 is 10.5 Å². The van der Waals surface area contributed by atoms with Crippen molar-refractivity contribution in [1.82, 2.24) is 0 Å². The van der Waals surface area contributed by atoms with Crippen LogP contribution in [0.2, 0.25) is 0 Å². The number of aldehydes is 1. The van der Waals surface area contributed by atoms with Crippen LogP contribution in [0.3, 0.4) is 0 Å². The van der Waals surface area contributed by atoms with Crippen molar-refractivity contribution in [2.75, 3.05) is 0 Å². The fourth-order valence-electron chi connectivity index (χ4n) is 1.28. The lowest BCUT2D eigenvalue weighted by molar-refractivity contribution is -0.107. The molecule has 0 aliphatic carbocycles. The summed E-state index contributed by atoms with van der Waals surface area (Å²) in [5, 5.41) is 1.18. The lowest BCUT2D eigenvalue weighted by Gasteiger charge is -2.31. The van der Waals surface area contributed by atoms with Crippen LogP contribution in [-0.4, -0.2) is 16.9 Å². The molecule has 1 saturated heterocycles. The number of carbonyl (C=O) groups excluding carboxylic acids is 1. The number of carbonyl (C=O) groups is 1. The molecular formula is C8H15NOS. The van der Waals surface area contributed by atoms with Crippen molar-refractivity contribution in [3.05, 3.63) is 0 Å². The molecule has 1 heterocycles. The van der Waals surface area contributed by atoms with Gasteiger partial charge in [0.2, 0.25) is 0 Å². The maximum absolute atomic E-state index is 9.96. The third-order valence-corrected chi connectivity index (χ3v) is 3.32. The minimum atomic E-state index is 0.395. The zero-order valence-corrected chi connectivity index (χ0v) is 7.48. The summed E-state index contributed by atoms with van der Waals surface area (Å²) in [6.45, 7) is 0. The number of rotatable bonds is 5. The molecule has 0 aromatic carbocycles. The highest BCUT2D eigenvalue weighted by molar-refractivity contribution is 8.01. The van der Waals surface area contributed by atoms with Gasteiger partial charge in [-0.05, 0) is 19.3 Å². The molecular weight excluding hydrogens is 158 g/mol. The Labute approximate surface area is 71.9 Å². The largest absolute Gasteiger partial charge is 0.319 e. The Morgan fingerprint density at radius 1 is 1.55 bits per heavy atom. The van der Waals surface area contributed by atoms with Crippen molar-refractivity contribution in [2.24, 2.45) is 5.73 Å². The van der Waals surface area contributed by atoms with Gasteiger partial charge in [-0.3, -0.25) is 0 Å². The molecule has 1 aliphatic rings. The van der Waals surface area contributed by atoms with E-state index in [-0.39, 0.29) is 0 Å². The second-order valence-corrected chi connectivity index (χ2v) is 4.53. The van der Waals surface area contributed by atoms with Gasteiger partial charge >= 0.3 is 0 Å². The molecule has 0 amide bonds. The van der Waals surface area contributed by atoms with Gasteiger partial charge in [0.05, 0.1) is 5.37 Å². The normalized spacial score (nSPS) is 29.5. The van der Waals surface area contributed by atoms with E-state index in [2.05, 4.69) is 0 Å². The van der Waals surface area contributed by atoms with E-state index in [0.717, 1.165) is 24.4 Å². The average molecular weight is 173 g/mol. The minimum absolute atomic E-state index is 0.395. The second kappa shape index (κ2) is 4.78. The van der Waals surface area contributed by atoms with Crippen LogP contribution < -0.4 is 5.73 Å². The maximum Gasteiger partial charge on any atom is 0.119 e. The fraction of sp³-hybridized carbons (Fsp3) is 0.875. The molecule has 11 heavy (non-hydrogen) atoms. The molecule has 2 unspecified atom stereocenters. The van der Waals surface area contributed by atoms with Gasteiger partial charge in [-0.25, -0.2) is 0 Å². The molecule has 2 nitrogen and oxygen atoms in total. The molecule has 0 spiro atoms. The van der Waals surface area contributed by atoms with Gasteiger partial charge in [-0.1, -0.05) is 6.42 Å². The SMILES string of the molecule is NC1CC(CCCCC=O)S1. The summed E-state index contributed by atoms with van der Waals surface area (Å²) >= 11 is 1.88. The molecule has 2 N–H and O–H groups in total. The van der Waals surface area contributed by atoms with E-state index in [9.17, 15) is 4.79 Å². The Kier molecular flexibility index (Phi) is 3.94. The fourth-order valence-corrected chi connectivity index (χ4v) is 2.38. The van der Waals surface area contributed by atoms with Crippen LogP contribution in [0.1, 0.15) is 32.1 Å². The Balaban J connectivity index is 1.84. The Morgan fingerprint density at radius 3 is 2.82 bits per heavy atom. The number of hydrogen-bond acceptors (Lipinski definition) is 3. The molecule has 0 radical (unpaired) electrons. The van der Waals surface area contributed by atoms with Crippen molar-refractivity contribution in [1.29, 1.82) is 0 Å². The van der Waals surface area contributed by atoms with Crippen molar-refractivity contribution >= 4 is 18.0 Å². The highest BCUT2D eigenvalue weighted by Crippen LogP contribution is 2.36. The van der Waals surface area contributed by atoms with Crippen molar-refractivity contribution in [2.45, 2.75) is 42.7 Å². The summed E-state index contributed by atoms with van der Waals surface area (Å²) in [7, 11) is 0. The molecule has 1 fully saturated rings. The van der Waals surface area contributed by atoms with E-state index in [1.54, 1.807) is 0 Å². The van der Waals surface area contributed by atoms with E-state index in [4.69, 9.17) is 5.73 Å². The van der Waals surface area contributed by atoms with Crippen molar-refractivity contribution in [3.63, 3.8) is 0 Å². The van der Waals surface area contributed by atoms with E-state index in [0.29, 0.717) is 5.37 Å². The molecule has 3 heteroatoms. The lowest BCUT2D eigenvalue weighted by atomic mass is 10.1. The van der Waals surface area contributed by atoms with Crippen LogP contribution in [0.15, 0.2) is 0 Å². The number of unbranched alkanes of at least 4 members (excludes halogenated alkanes) is 2. The van der Waals surface area contributed by atoms with Gasteiger partial charge in [-0.2, -0.15) is 0 Å². The summed E-state index contributed by atoms with van der Waals surface area (Å²) in [5.74, 6) is 0. The van der Waals surface area contributed by atoms with Gasteiger partial charge in [0.25, 0.3) is 0 Å². The summed E-state index contributed by atoms with van der Waals surface area (Å²) in [5.41, 5.74) is 5.61. The molecule has 1 aliphatic heterocycles. The molecule has 0 bridgehead atoms. The number of hydrogen-bond donors (Lipinski definition) is 1. The summed E-state index contributed by atoms with van der Waals surface area (Å²) in [4.78, 5) is 9.96. The van der Waals surface area contributed by atoms with E-state index < -0.39 is 0 Å². The second-order valence-electron chi connectivity index (χ2n) is 2.98. The standard InChI is InChI=1S/C8H15NOS/c9-8-6-7(11-8)4-2-1-3-5-10/h5,7-8H,1-4,6,9H2. The summed E-state index contributed by atoms with van der Waals surface area (Å²) in [6, 6.07) is 0. The first-order valence-corrected chi connectivity index (χ1v) is 5.12. The summed E-state index contributed by atoms with van der Waals surface area (Å²) < 4.78 is 0. The molecule has 0 aromatic rings. The van der Waals surface area contributed by atoms with Crippen LogP contribution in [0.4, 0.5) is 0 Å². The first kappa shape index (κ1) is 9.07. The smallest absolute Gasteiger partial charge is 0.119 e. The molecule has 1 rings (SSSR count). The van der Waals surface area contributed by atoms with Gasteiger partial charge in [-0.15, -0.1) is 11.8 Å². The number of nitrogens with two attached hydrogens (primary N) is 1. The van der Waals surface area contributed by atoms with Gasteiger partial charge in [0.15, 0.2) is 0 Å². The van der Waals surface area contributed by atoms with E-state index >= 15 is 0 Å². The Bertz CT molecular complexity index is 123. The zero-order valence-electron chi connectivity index (χ0n) is 6.66. The van der Waals surface area contributed by atoms with Crippen molar-refractivity contribution in [3.8, 4) is 0 Å². The van der Waals surface area contributed by atoms with Crippen LogP contribution in [0.5, 0.6) is 0 Å². The monoisotopic (exact) mass is 173 g/mol. The zero-order chi connectivity index (χ0) is 8.10. The molecule has 2 atom stereocenters. The first-order chi connectivity index (χ1) is 5.33. The predicted molar refractivity (Wildman–Crippen MR) is 48.5 cm³/mol. The van der Waals surface area contributed by atoms with E-state index in [1.807, 2.05) is 11.8 Å². The number of thioether (sulfide) groups is 1. The third-order valence-electron chi connectivity index (χ3n) is 1.96. The van der Waals surface area contributed by atoms with Crippen LogP contribution >= 0.6 is 11.8 Å². The maximum atomic E-state index is 9.96. The molecule has 64 valence electrons. The quantitative estimate of drug-likeness (QED) is 0.506. The molecule has 0 saturated carbocycles. The minimum Gasteiger partial charge on any atom is -0.319 e. The first-order valence-electron chi connectivity index (χ1n) is 4.17. The van der Waals surface area contributed by atoms with E-state index in [1.165, 1.54) is 19.3 Å². The third kappa shape index (κ3) is 3.25. The van der Waals surface area contributed by atoms with Crippen LogP contribution in [0.25, 0.3) is 0 Å². The topological polar surface area (TPSA) is 43.1 Å². The van der Waals surface area contributed by atoms with Gasteiger partial charge in [0, 0.05) is 11.7 Å². The van der Waals surface area contributed by atoms with Gasteiger partial charge in [0.1, 0.15) is 6.29 Å². The Morgan fingerprint density at radius 2 is 2.27 bits per heavy atom. The van der Waals surface area contributed by atoms with Crippen LogP contribution in [-0.2, 0) is 4.79 Å². The lowest BCUT2D eigenvalue weighted by Crippen LogP contribution is -2.33. The Hall–Kier alpha value is -0.0200. The highest BCUT2D eigenvalue weighted by atomic mass is 32.2. The highest BCUT2D eigenvalue weighted by Gasteiger charge is 2.25.